The summed E-state index contributed by atoms with van der Waals surface area (Å²) in [4.78, 5) is 13.3. The smallest absolute Gasteiger partial charge is 0.495 e. The molecule has 0 amide bonds. The number of ether oxygens (including phenoxy) is 3. The Morgan fingerprint density at radius 1 is 1.13 bits per heavy atom. The number of piperidine rings is 1. The number of likely N-dealkylation sites (tertiary alicyclic amines) is 1. The molecule has 5 rings (SSSR count). The van der Waals surface area contributed by atoms with Crippen molar-refractivity contribution in [1.29, 1.82) is 0 Å². The number of cyclic esters (lactones) is 2. The van der Waals surface area contributed by atoms with E-state index in [1.54, 1.807) is 18.2 Å². The molecule has 2 aliphatic rings. The highest BCUT2D eigenvalue weighted by atomic mass is 32.2. The van der Waals surface area contributed by atoms with E-state index >= 15 is 0 Å². The molecule has 0 spiro atoms. The maximum atomic E-state index is 13.6. The lowest BCUT2D eigenvalue weighted by Gasteiger charge is -2.33. The van der Waals surface area contributed by atoms with Gasteiger partial charge in [0.1, 0.15) is 18.9 Å². The molecule has 11 nitrogen and oxygen atoms in total. The lowest BCUT2D eigenvalue weighted by molar-refractivity contribution is -0.140. The van der Waals surface area contributed by atoms with Crippen LogP contribution in [-0.2, 0) is 26.0 Å². The molecule has 0 bridgehead atoms. The van der Waals surface area contributed by atoms with Crippen molar-refractivity contribution in [1.82, 2.24) is 9.47 Å². The molecule has 2 aliphatic heterocycles. The number of anilines is 2. The van der Waals surface area contributed by atoms with Crippen molar-refractivity contribution in [3.63, 3.8) is 0 Å². The predicted octanol–water partition coefficient (Wildman–Crippen LogP) is 3.85. The number of nitrogens with two attached hydrogens (primary N) is 1. The molecule has 2 fully saturated rings. The molecule has 3 heterocycles. The lowest BCUT2D eigenvalue weighted by Crippen LogP contribution is -2.43. The maximum Gasteiger partial charge on any atom is 0.508 e. The number of sulfonamides is 1. The van der Waals surface area contributed by atoms with Gasteiger partial charge in [-0.2, -0.15) is 26.7 Å². The van der Waals surface area contributed by atoms with Gasteiger partial charge in [0, 0.05) is 42.8 Å². The van der Waals surface area contributed by atoms with Crippen LogP contribution in [0.5, 0.6) is 5.75 Å². The SMILES string of the molecule is COc1cc(S(N)(=O)=O)ccc1NCC#Cc1cc2c(NC3CCN(C[C@H]4COC(=O)O4)CC3)cccc2n1CC(F)(F)F.S. The van der Waals surface area contributed by atoms with Gasteiger partial charge in [0.25, 0.3) is 0 Å². The highest BCUT2D eigenvalue weighted by Gasteiger charge is 2.31. The Morgan fingerprint density at radius 2 is 1.89 bits per heavy atom. The molecule has 1 atom stereocenters. The van der Waals surface area contributed by atoms with Crippen molar-refractivity contribution >= 4 is 52.0 Å². The number of hydrogen-bond acceptors (Lipinski definition) is 9. The highest BCUT2D eigenvalue weighted by molar-refractivity contribution is 7.89. The molecule has 2 saturated heterocycles. The molecular formula is C29H34F3N5O6S2. The standard InChI is InChI=1S/C29H32F3N5O6S.H2S/c1-41-27-15-22(44(33,39)40)7-8-25(27)34-11-3-4-20-14-23-24(5-2-6-26(23)37(20)18-29(30,31)32)35-19-9-12-36(13-10-19)16-21-17-42-28(38)43-21;/h2,5-8,14-15,19,21,34-35H,9-13,16-18H2,1H3,(H2,33,39,40);1H2/t21-;/m0./s1. The average molecular weight is 670 g/mol. The van der Waals surface area contributed by atoms with Crippen LogP contribution in [-0.4, -0.2) is 82.3 Å². The molecular weight excluding hydrogens is 635 g/mol. The van der Waals surface area contributed by atoms with Crippen LogP contribution in [0.2, 0.25) is 0 Å². The largest absolute Gasteiger partial charge is 0.508 e. The van der Waals surface area contributed by atoms with Crippen LogP contribution >= 0.6 is 13.5 Å². The van der Waals surface area contributed by atoms with Crippen LogP contribution in [0, 0.1) is 11.8 Å². The third-order valence-corrected chi connectivity index (χ3v) is 8.34. The van der Waals surface area contributed by atoms with Crippen molar-refractivity contribution in [3.8, 4) is 17.6 Å². The van der Waals surface area contributed by atoms with E-state index in [0.29, 0.717) is 23.1 Å². The fourth-order valence-corrected chi connectivity index (χ4v) is 5.88. The van der Waals surface area contributed by atoms with Gasteiger partial charge in [0.2, 0.25) is 10.0 Å². The van der Waals surface area contributed by atoms with Crippen LogP contribution in [0.25, 0.3) is 10.9 Å². The van der Waals surface area contributed by atoms with Crippen LogP contribution < -0.4 is 20.5 Å². The van der Waals surface area contributed by atoms with Gasteiger partial charge in [-0.3, -0.25) is 4.90 Å². The Kier molecular flexibility index (Phi) is 10.7. The predicted molar refractivity (Wildman–Crippen MR) is 167 cm³/mol. The Balaban J connectivity index is 0.00000461. The van der Waals surface area contributed by atoms with E-state index < -0.39 is 28.9 Å². The number of carbonyl (C=O) groups is 1. The first kappa shape index (κ1) is 34.1. The minimum Gasteiger partial charge on any atom is -0.495 e. The van der Waals surface area contributed by atoms with E-state index in [1.165, 1.54) is 25.3 Å². The minimum atomic E-state index is -4.46. The molecule has 0 unspecified atom stereocenters. The van der Waals surface area contributed by atoms with Gasteiger partial charge in [0.15, 0.2) is 6.10 Å². The summed E-state index contributed by atoms with van der Waals surface area (Å²) in [5.74, 6) is 5.94. The van der Waals surface area contributed by atoms with Gasteiger partial charge in [0.05, 0.1) is 35.4 Å². The zero-order valence-electron chi connectivity index (χ0n) is 24.3. The van der Waals surface area contributed by atoms with E-state index in [2.05, 4.69) is 27.4 Å². The van der Waals surface area contributed by atoms with Crippen molar-refractivity contribution in [2.75, 3.05) is 50.5 Å². The van der Waals surface area contributed by atoms with Gasteiger partial charge < -0.3 is 29.4 Å². The molecule has 244 valence electrons. The van der Waals surface area contributed by atoms with Gasteiger partial charge in [-0.25, -0.2) is 18.4 Å². The molecule has 45 heavy (non-hydrogen) atoms. The molecule has 1 aromatic heterocycles. The number of primary sulfonamides is 1. The molecule has 2 aromatic carbocycles. The van der Waals surface area contributed by atoms with E-state index in [1.807, 2.05) is 6.07 Å². The number of halogens is 3. The summed E-state index contributed by atoms with van der Waals surface area (Å²) < 4.78 is 80.4. The monoisotopic (exact) mass is 669 g/mol. The molecule has 0 saturated carbocycles. The molecule has 0 aliphatic carbocycles. The summed E-state index contributed by atoms with van der Waals surface area (Å²) in [5.41, 5.74) is 1.78. The number of methoxy groups -OCH3 is 1. The summed E-state index contributed by atoms with van der Waals surface area (Å²) in [6, 6.07) is 11.0. The number of hydrogen-bond donors (Lipinski definition) is 3. The molecule has 0 radical (unpaired) electrons. The van der Waals surface area contributed by atoms with Crippen LogP contribution in [0.1, 0.15) is 18.5 Å². The van der Waals surface area contributed by atoms with Crippen molar-refractivity contribution in [3.05, 3.63) is 48.2 Å². The number of carbonyl (C=O) groups excluding carboxylic acids is 1. The van der Waals surface area contributed by atoms with Crippen molar-refractivity contribution in [2.45, 2.75) is 42.6 Å². The fourth-order valence-electron chi connectivity index (χ4n) is 5.36. The van der Waals surface area contributed by atoms with E-state index in [0.717, 1.165) is 36.2 Å². The minimum absolute atomic E-state index is 0. The topological polar surface area (TPSA) is 137 Å². The lowest BCUT2D eigenvalue weighted by atomic mass is 10.0. The van der Waals surface area contributed by atoms with E-state index in [-0.39, 0.29) is 55.1 Å². The number of rotatable bonds is 9. The van der Waals surface area contributed by atoms with Crippen molar-refractivity contribution < 1.29 is 40.6 Å². The van der Waals surface area contributed by atoms with Gasteiger partial charge >= 0.3 is 12.3 Å². The van der Waals surface area contributed by atoms with Crippen molar-refractivity contribution in [2.24, 2.45) is 5.14 Å². The Hall–Kier alpha value is -3.78. The third-order valence-electron chi connectivity index (χ3n) is 7.43. The second-order valence-electron chi connectivity index (χ2n) is 10.6. The summed E-state index contributed by atoms with van der Waals surface area (Å²) >= 11 is 0. The van der Waals surface area contributed by atoms with Crippen LogP contribution in [0.3, 0.4) is 0 Å². The number of nitrogens with one attached hydrogen (secondary N) is 2. The normalized spacial score (nSPS) is 17.5. The number of fused-ring (bicyclic) bond motifs is 1. The van der Waals surface area contributed by atoms with Gasteiger partial charge in [-0.15, -0.1) is 0 Å². The Bertz CT molecular complexity index is 1700. The quantitative estimate of drug-likeness (QED) is 0.229. The van der Waals surface area contributed by atoms with E-state index in [9.17, 15) is 26.4 Å². The number of nitrogens with zero attached hydrogens (tertiary/aromatic N) is 2. The van der Waals surface area contributed by atoms with Gasteiger partial charge in [-0.05, 0) is 49.1 Å². The highest BCUT2D eigenvalue weighted by Crippen LogP contribution is 2.32. The van der Waals surface area contributed by atoms with Crippen LogP contribution in [0.4, 0.5) is 29.3 Å². The number of aromatic nitrogens is 1. The fraction of sp³-hybridized carbons (Fsp3) is 0.414. The summed E-state index contributed by atoms with van der Waals surface area (Å²) in [6.45, 7) is 1.24. The maximum absolute atomic E-state index is 13.6. The second kappa shape index (κ2) is 14.1. The van der Waals surface area contributed by atoms with Gasteiger partial charge in [-0.1, -0.05) is 12.0 Å². The number of alkyl halides is 3. The first-order chi connectivity index (χ1) is 20.9. The summed E-state index contributed by atoms with van der Waals surface area (Å²) in [6.07, 6.45) is -3.77. The van der Waals surface area contributed by atoms with E-state index in [4.69, 9.17) is 19.3 Å². The zero-order valence-corrected chi connectivity index (χ0v) is 26.1. The zero-order chi connectivity index (χ0) is 31.5. The number of benzene rings is 2. The Morgan fingerprint density at radius 3 is 2.53 bits per heavy atom. The Labute approximate surface area is 265 Å². The first-order valence-corrected chi connectivity index (χ1v) is 15.4. The summed E-state index contributed by atoms with van der Waals surface area (Å²) in [5, 5.41) is 12.3. The molecule has 4 N–H and O–H groups in total. The third kappa shape index (κ3) is 8.69. The molecule has 3 aromatic rings. The first-order valence-electron chi connectivity index (χ1n) is 13.8. The average Bonchev–Trinajstić information content (AvgIpc) is 3.53. The summed E-state index contributed by atoms with van der Waals surface area (Å²) in [7, 11) is -2.56. The van der Waals surface area contributed by atoms with Crippen LogP contribution in [0.15, 0.2) is 47.4 Å². The second-order valence-corrected chi connectivity index (χ2v) is 12.1. The molecule has 16 heteroatoms.